The molecule has 7 rings (SSSR count). The average molecular weight is 495 g/mol. The van der Waals surface area contributed by atoms with Gasteiger partial charge in [-0.15, -0.1) is 0 Å². The van der Waals surface area contributed by atoms with E-state index < -0.39 is 0 Å². The van der Waals surface area contributed by atoms with Crippen LogP contribution in [0.1, 0.15) is 5.56 Å². The van der Waals surface area contributed by atoms with Gasteiger partial charge in [0.1, 0.15) is 36.0 Å². The Morgan fingerprint density at radius 2 is 1.95 bits per heavy atom. The molecule has 0 amide bonds. The van der Waals surface area contributed by atoms with Crippen molar-refractivity contribution in [3.63, 3.8) is 0 Å². The third-order valence-electron chi connectivity index (χ3n) is 7.05. The summed E-state index contributed by atoms with van der Waals surface area (Å²) in [5, 5.41) is 4.42. The molecule has 0 saturated carbocycles. The number of fused-ring (bicyclic) bond motifs is 5. The first kappa shape index (κ1) is 21.9. The molecule has 9 nitrogen and oxygen atoms in total. The maximum Gasteiger partial charge on any atom is 0.144 e. The highest BCUT2D eigenvalue weighted by Crippen LogP contribution is 2.40. The third kappa shape index (κ3) is 3.88. The van der Waals surface area contributed by atoms with Gasteiger partial charge in [0.05, 0.1) is 47.8 Å². The number of nitrogens with one attached hydrogen (secondary N) is 1. The Hall–Kier alpha value is -4.37. The average Bonchev–Trinajstić information content (AvgIpc) is 3.29. The van der Waals surface area contributed by atoms with Gasteiger partial charge in [-0.05, 0) is 48.9 Å². The van der Waals surface area contributed by atoms with Gasteiger partial charge in [0.15, 0.2) is 0 Å². The van der Waals surface area contributed by atoms with Crippen LogP contribution in [0.5, 0.6) is 17.2 Å². The van der Waals surface area contributed by atoms with Gasteiger partial charge < -0.3 is 29.0 Å². The smallest absolute Gasteiger partial charge is 0.144 e. The molecule has 1 atom stereocenters. The van der Waals surface area contributed by atoms with Gasteiger partial charge in [-0.3, -0.25) is 0 Å². The van der Waals surface area contributed by atoms with Crippen LogP contribution in [-0.2, 0) is 11.8 Å². The normalized spacial score (nSPS) is 16.8. The fraction of sp³-hybridized carbons (Fsp3) is 0.250. The molecule has 2 aliphatic heterocycles. The van der Waals surface area contributed by atoms with E-state index in [2.05, 4.69) is 37.3 Å². The predicted octanol–water partition coefficient (Wildman–Crippen LogP) is 4.96. The topological polar surface area (TPSA) is 86.6 Å². The summed E-state index contributed by atoms with van der Waals surface area (Å²) < 4.78 is 19.9. The van der Waals surface area contributed by atoms with Gasteiger partial charge in [0.2, 0.25) is 0 Å². The largest absolute Gasteiger partial charge is 0.489 e. The second-order valence-corrected chi connectivity index (χ2v) is 9.51. The van der Waals surface area contributed by atoms with Crippen LogP contribution >= 0.6 is 0 Å². The minimum atomic E-state index is 0.230. The van der Waals surface area contributed by atoms with E-state index >= 15 is 0 Å². The molecular weight excluding hydrogens is 468 g/mol. The molecule has 1 N–H and O–H groups in total. The number of morpholine rings is 1. The molecule has 0 radical (unpaired) electrons. The van der Waals surface area contributed by atoms with Gasteiger partial charge in [0, 0.05) is 36.8 Å². The summed E-state index contributed by atoms with van der Waals surface area (Å²) in [6.07, 6.45) is 3.38. The van der Waals surface area contributed by atoms with E-state index in [0.717, 1.165) is 68.5 Å². The molecule has 1 unspecified atom stereocenters. The van der Waals surface area contributed by atoms with E-state index in [4.69, 9.17) is 14.2 Å². The number of benzene rings is 3. The minimum absolute atomic E-state index is 0.230. The number of imidazole rings is 1. The molecule has 2 aromatic heterocycles. The maximum absolute atomic E-state index is 6.18. The van der Waals surface area contributed by atoms with Crippen molar-refractivity contribution in [2.24, 2.45) is 7.05 Å². The van der Waals surface area contributed by atoms with Crippen LogP contribution in [0.2, 0.25) is 0 Å². The molecule has 4 heterocycles. The van der Waals surface area contributed by atoms with Crippen molar-refractivity contribution in [2.45, 2.75) is 13.0 Å². The highest BCUT2D eigenvalue weighted by molar-refractivity contribution is 5.95. The molecule has 0 aliphatic carbocycles. The summed E-state index contributed by atoms with van der Waals surface area (Å²) in [6.45, 7) is 4.89. The third-order valence-corrected chi connectivity index (χ3v) is 7.05. The lowest BCUT2D eigenvalue weighted by atomic mass is 10.1. The Balaban J connectivity index is 1.17. The molecule has 3 aromatic carbocycles. The summed E-state index contributed by atoms with van der Waals surface area (Å²) in [5.74, 6) is 3.15. The molecule has 1 fully saturated rings. The van der Waals surface area contributed by atoms with E-state index in [1.54, 1.807) is 12.7 Å². The van der Waals surface area contributed by atoms with Crippen molar-refractivity contribution in [3.05, 3.63) is 66.7 Å². The SMILES string of the molecule is Cc1cc(Nc2ncnc3cc4c(cc23)N2CCOCC2CO4)ccc1Oc1ccc2c(c1)ncn2C. The number of hydrogen-bond acceptors (Lipinski definition) is 8. The lowest BCUT2D eigenvalue weighted by Gasteiger charge is -2.41. The van der Waals surface area contributed by atoms with Crippen molar-refractivity contribution in [1.29, 1.82) is 0 Å². The number of hydrogen-bond donors (Lipinski definition) is 1. The van der Waals surface area contributed by atoms with Crippen molar-refractivity contribution >= 4 is 39.1 Å². The molecule has 1 saturated heterocycles. The maximum atomic E-state index is 6.18. The number of nitrogens with zero attached hydrogens (tertiary/aromatic N) is 5. The number of anilines is 3. The van der Waals surface area contributed by atoms with Crippen LogP contribution in [0.15, 0.2) is 61.2 Å². The molecule has 37 heavy (non-hydrogen) atoms. The standard InChI is InChI=1S/C28H26N6O3/c1-17-9-18(3-6-26(17)37-20-4-5-24-23(10-20)31-16-33(24)2)32-28-21-11-25-27(12-22(21)29-15-30-28)36-14-19-13-35-8-7-34(19)25/h3-6,9-12,15-16,19H,7-8,13-14H2,1-2H3,(H,29,30,32). The first-order chi connectivity index (χ1) is 18.1. The highest BCUT2D eigenvalue weighted by atomic mass is 16.5. The fourth-order valence-electron chi connectivity index (χ4n) is 5.09. The van der Waals surface area contributed by atoms with E-state index in [1.165, 1.54) is 0 Å². The molecule has 5 aromatic rings. The van der Waals surface area contributed by atoms with Gasteiger partial charge in [-0.1, -0.05) is 0 Å². The van der Waals surface area contributed by atoms with Crippen LogP contribution in [0, 0.1) is 6.92 Å². The Morgan fingerprint density at radius 3 is 2.86 bits per heavy atom. The zero-order valence-electron chi connectivity index (χ0n) is 20.6. The van der Waals surface area contributed by atoms with Crippen molar-refractivity contribution in [3.8, 4) is 17.2 Å². The molecule has 2 aliphatic rings. The number of aromatic nitrogens is 4. The summed E-state index contributed by atoms with van der Waals surface area (Å²) >= 11 is 0. The van der Waals surface area contributed by atoms with E-state index in [9.17, 15) is 0 Å². The number of aryl methyl sites for hydroxylation is 2. The number of rotatable bonds is 4. The summed E-state index contributed by atoms with van der Waals surface area (Å²) in [4.78, 5) is 15.8. The Labute approximate surface area is 213 Å². The quantitative estimate of drug-likeness (QED) is 0.375. The zero-order chi connectivity index (χ0) is 24.9. The Morgan fingerprint density at radius 1 is 1.00 bits per heavy atom. The van der Waals surface area contributed by atoms with Gasteiger partial charge in [-0.2, -0.15) is 0 Å². The van der Waals surface area contributed by atoms with E-state index in [1.807, 2.05) is 54.9 Å². The fourth-order valence-corrected chi connectivity index (χ4v) is 5.09. The first-order valence-electron chi connectivity index (χ1n) is 12.3. The first-order valence-corrected chi connectivity index (χ1v) is 12.3. The molecular formula is C28H26N6O3. The van der Waals surface area contributed by atoms with Crippen molar-refractivity contribution < 1.29 is 14.2 Å². The minimum Gasteiger partial charge on any atom is -0.489 e. The van der Waals surface area contributed by atoms with Crippen molar-refractivity contribution in [2.75, 3.05) is 36.6 Å². The lowest BCUT2D eigenvalue weighted by molar-refractivity contribution is 0.0706. The van der Waals surface area contributed by atoms with Crippen LogP contribution < -0.4 is 19.7 Å². The molecule has 9 heteroatoms. The number of ether oxygens (including phenoxy) is 3. The van der Waals surface area contributed by atoms with Crippen LogP contribution in [0.3, 0.4) is 0 Å². The van der Waals surface area contributed by atoms with E-state index in [-0.39, 0.29) is 6.04 Å². The van der Waals surface area contributed by atoms with Gasteiger partial charge >= 0.3 is 0 Å². The second-order valence-electron chi connectivity index (χ2n) is 9.51. The van der Waals surface area contributed by atoms with Crippen LogP contribution in [0.4, 0.5) is 17.2 Å². The lowest BCUT2D eigenvalue weighted by Crippen LogP contribution is -2.51. The Kier molecular flexibility index (Phi) is 5.10. The van der Waals surface area contributed by atoms with Crippen molar-refractivity contribution in [1.82, 2.24) is 19.5 Å². The summed E-state index contributed by atoms with van der Waals surface area (Å²) in [7, 11) is 1.98. The highest BCUT2D eigenvalue weighted by Gasteiger charge is 2.31. The van der Waals surface area contributed by atoms with Gasteiger partial charge in [-0.25, -0.2) is 15.0 Å². The molecule has 0 bridgehead atoms. The monoisotopic (exact) mass is 494 g/mol. The molecule has 0 spiro atoms. The second kappa shape index (κ2) is 8.63. The summed E-state index contributed by atoms with van der Waals surface area (Å²) in [5.41, 5.74) is 5.80. The van der Waals surface area contributed by atoms with Crippen LogP contribution in [0.25, 0.3) is 21.9 Å². The Bertz CT molecular complexity index is 1650. The predicted molar refractivity (Wildman–Crippen MR) is 142 cm³/mol. The molecule has 186 valence electrons. The van der Waals surface area contributed by atoms with E-state index in [0.29, 0.717) is 19.8 Å². The van der Waals surface area contributed by atoms with Gasteiger partial charge in [0.25, 0.3) is 0 Å². The van der Waals surface area contributed by atoms with Crippen LogP contribution in [-0.4, -0.2) is 51.9 Å². The summed E-state index contributed by atoms with van der Waals surface area (Å²) in [6, 6.07) is 16.3. The zero-order valence-corrected chi connectivity index (χ0v) is 20.6.